The van der Waals surface area contributed by atoms with Crippen molar-refractivity contribution in [1.82, 2.24) is 0 Å². The van der Waals surface area contributed by atoms with Gasteiger partial charge in [-0.2, -0.15) is 0 Å². The van der Waals surface area contributed by atoms with Crippen LogP contribution in [-0.4, -0.2) is 18.3 Å². The number of ether oxygens (including phenoxy) is 1. The van der Waals surface area contributed by atoms with Crippen molar-refractivity contribution < 1.29 is 14.2 Å². The van der Waals surface area contributed by atoms with Gasteiger partial charge in [-0.25, -0.2) is 4.39 Å². The fraction of sp³-hybridized carbons (Fsp3) is 0.500. The van der Waals surface area contributed by atoms with Crippen LogP contribution in [-0.2, 0) is 0 Å². The van der Waals surface area contributed by atoms with Crippen molar-refractivity contribution in [3.05, 3.63) is 29.6 Å². The maximum atomic E-state index is 13.7. The van der Waals surface area contributed by atoms with Crippen LogP contribution in [0.4, 0.5) is 4.39 Å². The van der Waals surface area contributed by atoms with Crippen LogP contribution in [0.25, 0.3) is 0 Å². The van der Waals surface area contributed by atoms with E-state index in [0.717, 1.165) is 12.8 Å². The van der Waals surface area contributed by atoms with Crippen LogP contribution < -0.4 is 10.5 Å². The molecule has 0 spiro atoms. The number of aliphatic hydroxyl groups excluding tert-OH is 1. The first kappa shape index (κ1) is 11.4. The zero-order valence-corrected chi connectivity index (χ0v) is 9.19. The zero-order valence-electron chi connectivity index (χ0n) is 9.19. The molecule has 16 heavy (non-hydrogen) atoms. The summed E-state index contributed by atoms with van der Waals surface area (Å²) in [5, 5.41) is 9.91. The van der Waals surface area contributed by atoms with Gasteiger partial charge in [-0.1, -0.05) is 6.07 Å². The first-order valence-electron chi connectivity index (χ1n) is 5.41. The van der Waals surface area contributed by atoms with E-state index in [2.05, 4.69) is 0 Å². The van der Waals surface area contributed by atoms with E-state index in [1.807, 2.05) is 0 Å². The van der Waals surface area contributed by atoms with Crippen molar-refractivity contribution in [2.24, 2.45) is 11.7 Å². The Balaban J connectivity index is 2.30. The molecule has 0 aromatic heterocycles. The molecule has 0 saturated heterocycles. The zero-order chi connectivity index (χ0) is 11.7. The first-order valence-corrected chi connectivity index (χ1v) is 5.41. The van der Waals surface area contributed by atoms with Gasteiger partial charge in [0.2, 0.25) is 0 Å². The highest BCUT2D eigenvalue weighted by atomic mass is 19.1. The van der Waals surface area contributed by atoms with E-state index < -0.39 is 18.0 Å². The standard InChI is InChI=1S/C12H16FNO2/c1-16-9-4-2-3-8(13)10(9)11(14)12(15)7-5-6-7/h2-4,7,11-12,15H,5-6,14H2,1H3/t11-,12+/m1/s1. The Morgan fingerprint density at radius 3 is 2.75 bits per heavy atom. The third-order valence-corrected chi connectivity index (χ3v) is 3.04. The summed E-state index contributed by atoms with van der Waals surface area (Å²) in [6.07, 6.45) is 1.24. The molecular formula is C12H16FNO2. The maximum Gasteiger partial charge on any atom is 0.131 e. The lowest BCUT2D eigenvalue weighted by Crippen LogP contribution is -2.29. The SMILES string of the molecule is COc1cccc(F)c1[C@@H](N)[C@@H](O)C1CC1. The predicted octanol–water partition coefficient (Wildman–Crippen LogP) is 1.60. The minimum absolute atomic E-state index is 0.208. The Morgan fingerprint density at radius 2 is 2.19 bits per heavy atom. The molecule has 2 atom stereocenters. The van der Waals surface area contributed by atoms with Gasteiger partial charge in [-0.15, -0.1) is 0 Å². The molecule has 1 aromatic carbocycles. The second-order valence-corrected chi connectivity index (χ2v) is 4.21. The highest BCUT2D eigenvalue weighted by Crippen LogP contribution is 2.39. The van der Waals surface area contributed by atoms with E-state index in [1.165, 1.54) is 13.2 Å². The summed E-state index contributed by atoms with van der Waals surface area (Å²) < 4.78 is 18.7. The Labute approximate surface area is 94.0 Å². The van der Waals surface area contributed by atoms with E-state index in [1.54, 1.807) is 12.1 Å². The monoisotopic (exact) mass is 225 g/mol. The minimum atomic E-state index is -0.719. The van der Waals surface area contributed by atoms with Crippen LogP contribution in [0.1, 0.15) is 24.4 Å². The highest BCUT2D eigenvalue weighted by Gasteiger charge is 2.36. The highest BCUT2D eigenvalue weighted by molar-refractivity contribution is 5.37. The molecule has 0 bridgehead atoms. The van der Waals surface area contributed by atoms with Gasteiger partial charge in [0.1, 0.15) is 11.6 Å². The van der Waals surface area contributed by atoms with Crippen molar-refractivity contribution >= 4 is 0 Å². The Morgan fingerprint density at radius 1 is 1.50 bits per heavy atom. The summed E-state index contributed by atoms with van der Waals surface area (Å²) in [5.74, 6) is 0.179. The van der Waals surface area contributed by atoms with Gasteiger partial charge < -0.3 is 15.6 Å². The van der Waals surface area contributed by atoms with E-state index in [-0.39, 0.29) is 11.5 Å². The summed E-state index contributed by atoms with van der Waals surface area (Å²) in [4.78, 5) is 0. The van der Waals surface area contributed by atoms with Crippen LogP contribution in [0.2, 0.25) is 0 Å². The van der Waals surface area contributed by atoms with Crippen LogP contribution >= 0.6 is 0 Å². The Bertz CT molecular complexity index is 379. The summed E-state index contributed by atoms with van der Waals surface area (Å²) in [5.41, 5.74) is 6.15. The largest absolute Gasteiger partial charge is 0.496 e. The number of methoxy groups -OCH3 is 1. The van der Waals surface area contributed by atoms with Crippen LogP contribution in [0.15, 0.2) is 18.2 Å². The second kappa shape index (κ2) is 4.39. The second-order valence-electron chi connectivity index (χ2n) is 4.21. The number of halogens is 1. The van der Waals surface area contributed by atoms with E-state index in [4.69, 9.17) is 10.5 Å². The van der Waals surface area contributed by atoms with Crippen molar-refractivity contribution in [2.75, 3.05) is 7.11 Å². The van der Waals surface area contributed by atoms with Crippen LogP contribution in [0.3, 0.4) is 0 Å². The fourth-order valence-electron chi connectivity index (χ4n) is 1.92. The molecule has 0 heterocycles. The van der Waals surface area contributed by atoms with Gasteiger partial charge in [0, 0.05) is 5.56 Å². The molecule has 3 nitrogen and oxygen atoms in total. The van der Waals surface area contributed by atoms with Crippen molar-refractivity contribution in [3.63, 3.8) is 0 Å². The molecule has 0 unspecified atom stereocenters. The number of benzene rings is 1. The molecule has 4 heteroatoms. The molecule has 2 rings (SSSR count). The predicted molar refractivity (Wildman–Crippen MR) is 58.6 cm³/mol. The van der Waals surface area contributed by atoms with Crippen LogP contribution in [0.5, 0.6) is 5.75 Å². The third-order valence-electron chi connectivity index (χ3n) is 3.04. The lowest BCUT2D eigenvalue weighted by molar-refractivity contribution is 0.119. The smallest absolute Gasteiger partial charge is 0.131 e. The molecular weight excluding hydrogens is 209 g/mol. The van der Waals surface area contributed by atoms with E-state index >= 15 is 0 Å². The molecule has 88 valence electrons. The summed E-state index contributed by atoms with van der Waals surface area (Å²) in [6, 6.07) is 3.83. The van der Waals surface area contributed by atoms with Crippen molar-refractivity contribution in [3.8, 4) is 5.75 Å². The molecule has 0 amide bonds. The third kappa shape index (κ3) is 2.03. The van der Waals surface area contributed by atoms with Gasteiger partial charge in [0.15, 0.2) is 0 Å². The molecule has 1 aliphatic rings. The minimum Gasteiger partial charge on any atom is -0.496 e. The van der Waals surface area contributed by atoms with E-state index in [0.29, 0.717) is 5.75 Å². The van der Waals surface area contributed by atoms with Crippen molar-refractivity contribution in [1.29, 1.82) is 0 Å². The van der Waals surface area contributed by atoms with Crippen LogP contribution in [0, 0.1) is 11.7 Å². The summed E-state index contributed by atoms with van der Waals surface area (Å²) in [6.45, 7) is 0. The molecule has 1 aliphatic carbocycles. The van der Waals surface area contributed by atoms with Gasteiger partial charge in [0.05, 0.1) is 19.3 Å². The quantitative estimate of drug-likeness (QED) is 0.818. The number of hydrogen-bond donors (Lipinski definition) is 2. The molecule has 0 aliphatic heterocycles. The van der Waals surface area contributed by atoms with Gasteiger partial charge in [-0.05, 0) is 30.9 Å². The number of rotatable bonds is 4. The average molecular weight is 225 g/mol. The van der Waals surface area contributed by atoms with Crippen molar-refractivity contribution in [2.45, 2.75) is 25.0 Å². The number of aliphatic hydroxyl groups is 1. The molecule has 1 aromatic rings. The summed E-state index contributed by atoms with van der Waals surface area (Å²) >= 11 is 0. The topological polar surface area (TPSA) is 55.5 Å². The normalized spacial score (nSPS) is 19.2. The van der Waals surface area contributed by atoms with E-state index in [9.17, 15) is 9.50 Å². The average Bonchev–Trinajstić information content (AvgIpc) is 3.10. The Hall–Kier alpha value is -1.13. The first-order chi connectivity index (χ1) is 7.65. The maximum absolute atomic E-state index is 13.7. The molecule has 3 N–H and O–H groups in total. The molecule has 0 radical (unpaired) electrons. The van der Waals surface area contributed by atoms with Gasteiger partial charge >= 0.3 is 0 Å². The Kier molecular flexibility index (Phi) is 3.12. The molecule has 1 saturated carbocycles. The summed E-state index contributed by atoms with van der Waals surface area (Å²) in [7, 11) is 1.47. The molecule has 1 fully saturated rings. The number of hydrogen-bond acceptors (Lipinski definition) is 3. The van der Waals surface area contributed by atoms with Gasteiger partial charge in [0.25, 0.3) is 0 Å². The lowest BCUT2D eigenvalue weighted by Gasteiger charge is -2.21. The fourth-order valence-corrected chi connectivity index (χ4v) is 1.92. The number of nitrogens with two attached hydrogens (primary N) is 1. The van der Waals surface area contributed by atoms with Gasteiger partial charge in [-0.3, -0.25) is 0 Å². The lowest BCUT2D eigenvalue weighted by atomic mass is 9.97.